The zero-order chi connectivity index (χ0) is 18.9. The molecular weight excluding hydrogens is 362 g/mol. The minimum Gasteiger partial charge on any atom is -0.367 e. The molecule has 3 aromatic rings. The minimum atomic E-state index is -3.14. The number of anilines is 1. The van der Waals surface area contributed by atoms with E-state index in [2.05, 4.69) is 15.1 Å². The van der Waals surface area contributed by atoms with E-state index in [0.29, 0.717) is 6.04 Å². The Hall–Kier alpha value is -2.45. The molecule has 0 radical (unpaired) electrons. The van der Waals surface area contributed by atoms with Gasteiger partial charge in [-0.1, -0.05) is 12.1 Å². The van der Waals surface area contributed by atoms with Crippen molar-refractivity contribution in [3.8, 4) is 11.3 Å². The SMILES string of the molecule is CS(=O)(=O)NC1CCC(Nc2cccc(-c3cnn4ccccc34)n2)CC1. The van der Waals surface area contributed by atoms with Crippen molar-refractivity contribution < 1.29 is 8.42 Å². The smallest absolute Gasteiger partial charge is 0.208 e. The molecule has 0 spiro atoms. The Morgan fingerprint density at radius 3 is 2.59 bits per heavy atom. The molecule has 27 heavy (non-hydrogen) atoms. The lowest BCUT2D eigenvalue weighted by atomic mass is 9.92. The van der Waals surface area contributed by atoms with Gasteiger partial charge in [0.1, 0.15) is 5.82 Å². The molecule has 4 rings (SSSR count). The molecule has 0 aliphatic heterocycles. The van der Waals surface area contributed by atoms with E-state index in [0.717, 1.165) is 48.3 Å². The van der Waals surface area contributed by atoms with Crippen LogP contribution >= 0.6 is 0 Å². The average molecular weight is 385 g/mol. The molecule has 3 aromatic heterocycles. The number of hydrogen-bond donors (Lipinski definition) is 2. The van der Waals surface area contributed by atoms with E-state index in [4.69, 9.17) is 4.98 Å². The van der Waals surface area contributed by atoms with Crippen LogP contribution < -0.4 is 10.0 Å². The fraction of sp³-hybridized carbons (Fsp3) is 0.368. The standard InChI is InChI=1S/C19H23N5O2S/c1-27(25,26)23-15-10-8-14(9-11-15)21-19-7-4-5-17(22-19)16-13-20-24-12-3-2-6-18(16)24/h2-7,12-15,23H,8-11H2,1H3,(H,21,22). The van der Waals surface area contributed by atoms with Crippen LogP contribution in [0.15, 0.2) is 48.8 Å². The summed E-state index contributed by atoms with van der Waals surface area (Å²) in [7, 11) is -3.14. The largest absolute Gasteiger partial charge is 0.367 e. The number of sulfonamides is 1. The number of nitrogens with zero attached hydrogens (tertiary/aromatic N) is 3. The molecule has 3 heterocycles. The molecule has 0 aromatic carbocycles. The molecule has 7 nitrogen and oxygen atoms in total. The van der Waals surface area contributed by atoms with Crippen LogP contribution in [-0.2, 0) is 10.0 Å². The summed E-state index contributed by atoms with van der Waals surface area (Å²) in [5.74, 6) is 0.835. The first kappa shape index (κ1) is 17.9. The molecule has 1 aliphatic rings. The van der Waals surface area contributed by atoms with Gasteiger partial charge in [-0.15, -0.1) is 0 Å². The second-order valence-electron chi connectivity index (χ2n) is 7.08. The second-order valence-corrected chi connectivity index (χ2v) is 8.86. The van der Waals surface area contributed by atoms with E-state index in [1.807, 2.05) is 53.3 Å². The quantitative estimate of drug-likeness (QED) is 0.705. The zero-order valence-electron chi connectivity index (χ0n) is 15.2. The molecule has 0 atom stereocenters. The van der Waals surface area contributed by atoms with Gasteiger partial charge in [0.15, 0.2) is 0 Å². The highest BCUT2D eigenvalue weighted by molar-refractivity contribution is 7.88. The molecule has 0 amide bonds. The topological polar surface area (TPSA) is 88.4 Å². The molecule has 1 saturated carbocycles. The highest BCUT2D eigenvalue weighted by atomic mass is 32.2. The van der Waals surface area contributed by atoms with E-state index in [1.165, 1.54) is 6.26 Å². The summed E-state index contributed by atoms with van der Waals surface area (Å²) < 4.78 is 27.3. The number of hydrogen-bond acceptors (Lipinski definition) is 5. The number of rotatable bonds is 5. The van der Waals surface area contributed by atoms with Gasteiger partial charge in [-0.25, -0.2) is 22.6 Å². The predicted octanol–water partition coefficient (Wildman–Crippen LogP) is 2.67. The first-order valence-electron chi connectivity index (χ1n) is 9.11. The molecule has 1 aliphatic carbocycles. The van der Waals surface area contributed by atoms with E-state index in [9.17, 15) is 8.42 Å². The fourth-order valence-corrected chi connectivity index (χ4v) is 4.51. The van der Waals surface area contributed by atoms with E-state index >= 15 is 0 Å². The van der Waals surface area contributed by atoms with Crippen LogP contribution in [0, 0.1) is 0 Å². The number of pyridine rings is 2. The third kappa shape index (κ3) is 4.28. The molecule has 0 unspecified atom stereocenters. The molecule has 0 bridgehead atoms. The van der Waals surface area contributed by atoms with Crippen LogP contribution in [0.2, 0.25) is 0 Å². The first-order chi connectivity index (χ1) is 13.0. The maximum Gasteiger partial charge on any atom is 0.208 e. The molecule has 1 fully saturated rings. The van der Waals surface area contributed by atoms with Crippen LogP contribution in [0.3, 0.4) is 0 Å². The Labute approximate surface area is 158 Å². The number of aromatic nitrogens is 3. The molecular formula is C19H23N5O2S. The first-order valence-corrected chi connectivity index (χ1v) is 11.0. The maximum atomic E-state index is 11.4. The zero-order valence-corrected chi connectivity index (χ0v) is 16.0. The summed E-state index contributed by atoms with van der Waals surface area (Å²) in [5.41, 5.74) is 2.91. The Morgan fingerprint density at radius 1 is 1.04 bits per heavy atom. The highest BCUT2D eigenvalue weighted by Crippen LogP contribution is 2.26. The summed E-state index contributed by atoms with van der Waals surface area (Å²) in [6.07, 6.45) is 8.46. The van der Waals surface area contributed by atoms with E-state index < -0.39 is 10.0 Å². The van der Waals surface area contributed by atoms with Gasteiger partial charge >= 0.3 is 0 Å². The van der Waals surface area contributed by atoms with Gasteiger partial charge in [-0.05, 0) is 49.9 Å². The lowest BCUT2D eigenvalue weighted by molar-refractivity contribution is 0.387. The Bertz CT molecular complexity index is 1040. The molecule has 8 heteroatoms. The maximum absolute atomic E-state index is 11.4. The predicted molar refractivity (Wildman–Crippen MR) is 106 cm³/mol. The summed E-state index contributed by atoms with van der Waals surface area (Å²) in [6.45, 7) is 0. The van der Waals surface area contributed by atoms with Crippen molar-refractivity contribution in [1.29, 1.82) is 0 Å². The lowest BCUT2D eigenvalue weighted by Crippen LogP contribution is -2.39. The summed E-state index contributed by atoms with van der Waals surface area (Å²) >= 11 is 0. The van der Waals surface area contributed by atoms with Crippen LogP contribution in [0.1, 0.15) is 25.7 Å². The third-order valence-electron chi connectivity index (χ3n) is 4.91. The van der Waals surface area contributed by atoms with Gasteiger partial charge in [0.25, 0.3) is 0 Å². The van der Waals surface area contributed by atoms with Crippen LogP contribution in [0.25, 0.3) is 16.8 Å². The van der Waals surface area contributed by atoms with Gasteiger partial charge < -0.3 is 5.32 Å². The number of fused-ring (bicyclic) bond motifs is 1. The highest BCUT2D eigenvalue weighted by Gasteiger charge is 2.23. The Balaban J connectivity index is 1.45. The fourth-order valence-electron chi connectivity index (χ4n) is 3.66. The van der Waals surface area contributed by atoms with Gasteiger partial charge in [-0.3, -0.25) is 0 Å². The van der Waals surface area contributed by atoms with Crippen LogP contribution in [0.4, 0.5) is 5.82 Å². The van der Waals surface area contributed by atoms with E-state index in [-0.39, 0.29) is 6.04 Å². The monoisotopic (exact) mass is 385 g/mol. The van der Waals surface area contributed by atoms with Gasteiger partial charge in [-0.2, -0.15) is 5.10 Å². The molecule has 2 N–H and O–H groups in total. The van der Waals surface area contributed by atoms with Crippen molar-refractivity contribution in [1.82, 2.24) is 19.3 Å². The lowest BCUT2D eigenvalue weighted by Gasteiger charge is -2.29. The van der Waals surface area contributed by atoms with Gasteiger partial charge in [0.05, 0.1) is 23.7 Å². The normalized spacial score (nSPS) is 20.6. The van der Waals surface area contributed by atoms with E-state index in [1.54, 1.807) is 0 Å². The summed E-state index contributed by atoms with van der Waals surface area (Å²) in [6, 6.07) is 12.3. The Kier molecular flexibility index (Phi) is 4.84. The Morgan fingerprint density at radius 2 is 1.81 bits per heavy atom. The minimum absolute atomic E-state index is 0.0381. The van der Waals surface area contributed by atoms with Crippen molar-refractivity contribution in [3.05, 3.63) is 48.8 Å². The summed E-state index contributed by atoms with van der Waals surface area (Å²) in [4.78, 5) is 4.76. The van der Waals surface area contributed by atoms with Crippen molar-refractivity contribution in [2.75, 3.05) is 11.6 Å². The van der Waals surface area contributed by atoms with Crippen LogP contribution in [-0.4, -0.2) is 41.4 Å². The van der Waals surface area contributed by atoms with Crippen molar-refractivity contribution in [3.63, 3.8) is 0 Å². The summed E-state index contributed by atoms with van der Waals surface area (Å²) in [5, 5.41) is 7.88. The van der Waals surface area contributed by atoms with Gasteiger partial charge in [0, 0.05) is 23.8 Å². The molecule has 0 saturated heterocycles. The second kappa shape index (κ2) is 7.28. The van der Waals surface area contributed by atoms with Crippen molar-refractivity contribution in [2.45, 2.75) is 37.8 Å². The van der Waals surface area contributed by atoms with Crippen molar-refractivity contribution >= 4 is 21.4 Å². The van der Waals surface area contributed by atoms with Crippen LogP contribution in [0.5, 0.6) is 0 Å². The number of nitrogens with one attached hydrogen (secondary N) is 2. The van der Waals surface area contributed by atoms with Crippen molar-refractivity contribution in [2.24, 2.45) is 0 Å². The average Bonchev–Trinajstić information content (AvgIpc) is 3.07. The molecule has 142 valence electrons. The third-order valence-corrected chi connectivity index (χ3v) is 5.67. The van der Waals surface area contributed by atoms with Gasteiger partial charge in [0.2, 0.25) is 10.0 Å².